The third kappa shape index (κ3) is 3.46. The van der Waals surface area contributed by atoms with E-state index in [2.05, 4.69) is 4.98 Å². The molecule has 2 N–H and O–H groups in total. The van der Waals surface area contributed by atoms with Gasteiger partial charge in [-0.1, -0.05) is 6.07 Å². The summed E-state index contributed by atoms with van der Waals surface area (Å²) in [6.45, 7) is 3.42. The number of ketones is 1. The monoisotopic (exact) mass is 220 g/mol. The topological polar surface area (TPSA) is 73.1 Å². The Labute approximate surface area is 94.9 Å². The van der Waals surface area contributed by atoms with Crippen LogP contribution in [0, 0.1) is 6.92 Å². The fourth-order valence-corrected chi connectivity index (χ4v) is 1.47. The largest absolute Gasteiger partial charge is 0.369 e. The van der Waals surface area contributed by atoms with E-state index in [1.165, 1.54) is 6.92 Å². The number of hydrogen-bond acceptors (Lipinski definition) is 3. The molecule has 0 aromatic carbocycles. The normalized spacial score (nSPS) is 12.1. The fourth-order valence-electron chi connectivity index (χ4n) is 1.47. The number of Topliss-reactive ketones (excluding diaryl/α,β-unsaturated/α-hetero) is 1. The van der Waals surface area contributed by atoms with E-state index >= 15 is 0 Å². The van der Waals surface area contributed by atoms with Crippen LogP contribution in [0.15, 0.2) is 18.3 Å². The van der Waals surface area contributed by atoms with Gasteiger partial charge in [-0.05, 0) is 31.9 Å². The van der Waals surface area contributed by atoms with Crippen LogP contribution in [-0.4, -0.2) is 16.7 Å². The van der Waals surface area contributed by atoms with Crippen molar-refractivity contribution in [3.05, 3.63) is 29.6 Å². The smallest absolute Gasteiger partial charge is 0.226 e. The van der Waals surface area contributed by atoms with Gasteiger partial charge in [-0.25, -0.2) is 0 Å². The first kappa shape index (κ1) is 12.4. The van der Waals surface area contributed by atoms with Gasteiger partial charge in [0.15, 0.2) is 0 Å². The summed E-state index contributed by atoms with van der Waals surface area (Å²) >= 11 is 0. The summed E-state index contributed by atoms with van der Waals surface area (Å²) in [5, 5.41) is 0. The zero-order valence-corrected chi connectivity index (χ0v) is 9.56. The standard InChI is InChI=1S/C12H16N2O2/c1-8-3-6-11(14-7-8)10(12(13)16)5-4-9(2)15/h3,6-7,10H,4-5H2,1-2H3,(H2,13,16). The molecule has 1 amide bonds. The Hall–Kier alpha value is -1.71. The molecule has 0 aliphatic heterocycles. The molecule has 0 spiro atoms. The van der Waals surface area contributed by atoms with E-state index in [9.17, 15) is 9.59 Å². The van der Waals surface area contributed by atoms with Gasteiger partial charge in [-0.3, -0.25) is 9.78 Å². The molecule has 0 aliphatic rings. The quantitative estimate of drug-likeness (QED) is 0.813. The van der Waals surface area contributed by atoms with E-state index in [4.69, 9.17) is 5.73 Å². The van der Waals surface area contributed by atoms with E-state index in [1.807, 2.05) is 13.0 Å². The van der Waals surface area contributed by atoms with Crippen molar-refractivity contribution in [3.63, 3.8) is 0 Å². The van der Waals surface area contributed by atoms with Gasteiger partial charge in [0, 0.05) is 12.6 Å². The number of aryl methyl sites for hydroxylation is 1. The van der Waals surface area contributed by atoms with Crippen LogP contribution in [0.4, 0.5) is 0 Å². The first-order valence-corrected chi connectivity index (χ1v) is 5.22. The third-order valence-corrected chi connectivity index (χ3v) is 2.42. The van der Waals surface area contributed by atoms with Crippen molar-refractivity contribution < 1.29 is 9.59 Å². The average molecular weight is 220 g/mol. The summed E-state index contributed by atoms with van der Waals surface area (Å²) in [6, 6.07) is 3.66. The summed E-state index contributed by atoms with van der Waals surface area (Å²) in [7, 11) is 0. The van der Waals surface area contributed by atoms with Crippen LogP contribution in [0.3, 0.4) is 0 Å². The molecule has 1 heterocycles. The van der Waals surface area contributed by atoms with Crippen molar-refractivity contribution in [2.45, 2.75) is 32.6 Å². The van der Waals surface area contributed by atoms with E-state index in [0.29, 0.717) is 18.5 Å². The number of primary amides is 1. The highest BCUT2D eigenvalue weighted by atomic mass is 16.1. The second-order valence-electron chi connectivity index (χ2n) is 3.96. The van der Waals surface area contributed by atoms with E-state index in [-0.39, 0.29) is 5.78 Å². The zero-order chi connectivity index (χ0) is 12.1. The lowest BCUT2D eigenvalue weighted by atomic mass is 9.97. The maximum Gasteiger partial charge on any atom is 0.226 e. The molecule has 0 saturated heterocycles. The van der Waals surface area contributed by atoms with Crippen LogP contribution in [0.1, 0.15) is 36.9 Å². The fraction of sp³-hybridized carbons (Fsp3) is 0.417. The number of rotatable bonds is 5. The van der Waals surface area contributed by atoms with Crippen LogP contribution >= 0.6 is 0 Å². The number of hydrogen-bond donors (Lipinski definition) is 1. The lowest BCUT2D eigenvalue weighted by Crippen LogP contribution is -2.22. The van der Waals surface area contributed by atoms with Gasteiger partial charge in [0.25, 0.3) is 0 Å². The maximum atomic E-state index is 11.3. The summed E-state index contributed by atoms with van der Waals surface area (Å²) in [4.78, 5) is 26.3. The van der Waals surface area contributed by atoms with Crippen molar-refractivity contribution in [2.24, 2.45) is 5.73 Å². The number of aromatic nitrogens is 1. The van der Waals surface area contributed by atoms with Crippen LogP contribution in [-0.2, 0) is 9.59 Å². The Bertz CT molecular complexity index is 385. The van der Waals surface area contributed by atoms with Gasteiger partial charge in [-0.15, -0.1) is 0 Å². The molecule has 1 unspecified atom stereocenters. The Kier molecular flexibility index (Phi) is 4.17. The van der Waals surface area contributed by atoms with Crippen molar-refractivity contribution in [1.82, 2.24) is 4.98 Å². The predicted octanol–water partition coefficient (Wildman–Crippen LogP) is 1.33. The molecule has 1 atom stereocenters. The molecule has 16 heavy (non-hydrogen) atoms. The second-order valence-corrected chi connectivity index (χ2v) is 3.96. The molecular weight excluding hydrogens is 204 g/mol. The highest BCUT2D eigenvalue weighted by molar-refractivity contribution is 5.82. The van der Waals surface area contributed by atoms with Crippen molar-refractivity contribution >= 4 is 11.7 Å². The minimum atomic E-state index is -0.468. The third-order valence-electron chi connectivity index (χ3n) is 2.42. The molecule has 1 aromatic rings. The van der Waals surface area contributed by atoms with E-state index in [1.54, 1.807) is 12.3 Å². The Morgan fingerprint density at radius 1 is 1.44 bits per heavy atom. The molecule has 4 nitrogen and oxygen atoms in total. The Balaban J connectivity index is 2.81. The molecular formula is C12H16N2O2. The van der Waals surface area contributed by atoms with Crippen molar-refractivity contribution in [1.29, 1.82) is 0 Å². The van der Waals surface area contributed by atoms with Gasteiger partial charge in [-0.2, -0.15) is 0 Å². The lowest BCUT2D eigenvalue weighted by molar-refractivity contribution is -0.120. The summed E-state index contributed by atoms with van der Waals surface area (Å²) < 4.78 is 0. The first-order valence-electron chi connectivity index (χ1n) is 5.22. The Morgan fingerprint density at radius 3 is 2.56 bits per heavy atom. The van der Waals surface area contributed by atoms with Crippen LogP contribution in [0.5, 0.6) is 0 Å². The molecule has 0 fully saturated rings. The van der Waals surface area contributed by atoms with Gasteiger partial charge < -0.3 is 10.5 Å². The van der Waals surface area contributed by atoms with Gasteiger partial charge in [0.2, 0.25) is 5.91 Å². The minimum absolute atomic E-state index is 0.0540. The zero-order valence-electron chi connectivity index (χ0n) is 9.56. The SMILES string of the molecule is CC(=O)CCC(C(N)=O)c1ccc(C)cn1. The van der Waals surface area contributed by atoms with Crippen LogP contribution in [0.2, 0.25) is 0 Å². The van der Waals surface area contributed by atoms with E-state index in [0.717, 1.165) is 5.56 Å². The number of nitrogens with zero attached hydrogens (tertiary/aromatic N) is 1. The molecule has 1 rings (SSSR count). The van der Waals surface area contributed by atoms with Crippen molar-refractivity contribution in [2.75, 3.05) is 0 Å². The highest BCUT2D eigenvalue weighted by Gasteiger charge is 2.19. The second kappa shape index (κ2) is 5.39. The highest BCUT2D eigenvalue weighted by Crippen LogP contribution is 2.19. The number of carbonyl (C=O) groups is 2. The molecule has 86 valence electrons. The maximum absolute atomic E-state index is 11.3. The molecule has 0 saturated carbocycles. The van der Waals surface area contributed by atoms with Gasteiger partial charge in [0.1, 0.15) is 5.78 Å². The van der Waals surface area contributed by atoms with Gasteiger partial charge in [0.05, 0.1) is 11.6 Å². The predicted molar refractivity (Wildman–Crippen MR) is 60.8 cm³/mol. The molecule has 4 heteroatoms. The number of nitrogens with two attached hydrogens (primary N) is 1. The molecule has 0 bridgehead atoms. The first-order chi connectivity index (χ1) is 7.50. The number of pyridine rings is 1. The molecule has 0 aliphatic carbocycles. The number of amides is 1. The van der Waals surface area contributed by atoms with Crippen LogP contribution in [0.25, 0.3) is 0 Å². The summed E-state index contributed by atoms with van der Waals surface area (Å²) in [5.41, 5.74) is 6.97. The molecule has 1 aromatic heterocycles. The van der Waals surface area contributed by atoms with Gasteiger partial charge >= 0.3 is 0 Å². The van der Waals surface area contributed by atoms with Crippen molar-refractivity contribution in [3.8, 4) is 0 Å². The Morgan fingerprint density at radius 2 is 2.12 bits per heavy atom. The van der Waals surface area contributed by atoms with E-state index < -0.39 is 11.8 Å². The lowest BCUT2D eigenvalue weighted by Gasteiger charge is -2.11. The number of carbonyl (C=O) groups excluding carboxylic acids is 2. The minimum Gasteiger partial charge on any atom is -0.369 e. The summed E-state index contributed by atoms with van der Waals surface area (Å²) in [5.74, 6) is -0.847. The molecule has 0 radical (unpaired) electrons. The summed E-state index contributed by atoms with van der Waals surface area (Å²) in [6.07, 6.45) is 2.48. The van der Waals surface area contributed by atoms with Crippen LogP contribution < -0.4 is 5.73 Å². The average Bonchev–Trinajstić information content (AvgIpc) is 2.20.